The van der Waals surface area contributed by atoms with Gasteiger partial charge in [-0.2, -0.15) is 0 Å². The molecule has 1 saturated heterocycles. The Balaban J connectivity index is 2.09. The van der Waals surface area contributed by atoms with E-state index in [9.17, 15) is 4.79 Å². The molecule has 0 aromatic rings. The van der Waals surface area contributed by atoms with Crippen LogP contribution in [-0.2, 0) is 4.79 Å². The van der Waals surface area contributed by atoms with Crippen LogP contribution in [-0.4, -0.2) is 41.0 Å². The van der Waals surface area contributed by atoms with E-state index in [4.69, 9.17) is 5.73 Å². The van der Waals surface area contributed by atoms with Crippen LogP contribution in [0.3, 0.4) is 0 Å². The first kappa shape index (κ1) is 13.8. The average Bonchev–Trinajstić information content (AvgIpc) is 2.83. The summed E-state index contributed by atoms with van der Waals surface area (Å²) >= 11 is 0. The maximum absolute atomic E-state index is 11.8. The van der Waals surface area contributed by atoms with Crippen LogP contribution in [0.2, 0.25) is 0 Å². The first-order valence-corrected chi connectivity index (χ1v) is 7.23. The van der Waals surface area contributed by atoms with Crippen molar-refractivity contribution in [3.05, 3.63) is 0 Å². The van der Waals surface area contributed by atoms with Crippen LogP contribution in [0.1, 0.15) is 52.9 Å². The fourth-order valence-electron chi connectivity index (χ4n) is 3.90. The third kappa shape index (κ3) is 2.28. The Kier molecular flexibility index (Phi) is 3.70. The first-order valence-electron chi connectivity index (χ1n) is 7.23. The number of likely N-dealkylation sites (tertiary alicyclic amines) is 1. The Bertz CT molecular complexity index is 329. The number of carbonyl (C=O) groups is 1. The van der Waals surface area contributed by atoms with E-state index in [0.717, 1.165) is 25.8 Å². The third-order valence-electron chi connectivity index (χ3n) is 4.88. The van der Waals surface area contributed by atoms with E-state index in [0.29, 0.717) is 6.04 Å². The zero-order valence-electron chi connectivity index (χ0n) is 12.0. The maximum atomic E-state index is 11.8. The lowest BCUT2D eigenvalue weighted by molar-refractivity contribution is -0.124. The summed E-state index contributed by atoms with van der Waals surface area (Å²) in [6, 6.07) is 0.508. The number of amides is 1. The smallest absolute Gasteiger partial charge is 0.237 e. The second-order valence-electron chi connectivity index (χ2n) is 6.48. The molecule has 0 bridgehead atoms. The monoisotopic (exact) mass is 253 g/mol. The van der Waals surface area contributed by atoms with Gasteiger partial charge in [-0.15, -0.1) is 0 Å². The highest BCUT2D eigenvalue weighted by molar-refractivity contribution is 5.85. The molecular weight excluding hydrogens is 226 g/mol. The van der Waals surface area contributed by atoms with Crippen molar-refractivity contribution in [1.82, 2.24) is 10.2 Å². The van der Waals surface area contributed by atoms with Crippen LogP contribution < -0.4 is 11.1 Å². The zero-order chi connectivity index (χ0) is 13.4. The summed E-state index contributed by atoms with van der Waals surface area (Å²) in [6.07, 6.45) is 5.37. The van der Waals surface area contributed by atoms with Gasteiger partial charge in [0.15, 0.2) is 0 Å². The fraction of sp³-hybridized carbons (Fsp3) is 0.929. The molecule has 2 rings (SSSR count). The number of primary amides is 1. The van der Waals surface area contributed by atoms with Crippen molar-refractivity contribution < 1.29 is 4.79 Å². The quantitative estimate of drug-likeness (QED) is 0.792. The van der Waals surface area contributed by atoms with Gasteiger partial charge in [-0.05, 0) is 59.0 Å². The fourth-order valence-corrected chi connectivity index (χ4v) is 3.90. The van der Waals surface area contributed by atoms with E-state index < -0.39 is 5.54 Å². The van der Waals surface area contributed by atoms with Gasteiger partial charge < -0.3 is 11.1 Å². The summed E-state index contributed by atoms with van der Waals surface area (Å²) in [5.74, 6) is -0.177. The highest BCUT2D eigenvalue weighted by atomic mass is 16.1. The molecule has 1 aliphatic heterocycles. The molecule has 0 spiro atoms. The predicted octanol–water partition coefficient (Wildman–Crippen LogP) is 1.25. The lowest BCUT2D eigenvalue weighted by atomic mass is 9.95. The van der Waals surface area contributed by atoms with Gasteiger partial charge in [-0.1, -0.05) is 6.92 Å². The van der Waals surface area contributed by atoms with Crippen molar-refractivity contribution >= 4 is 5.91 Å². The molecule has 1 amide bonds. The standard InChI is InChI=1S/C14H27N3O/c1-4-16-14(12(15)18)8-6-11(10-14)17-9-5-7-13(17,2)3/h11,16H,4-10H2,1-3H3,(H2,15,18). The summed E-state index contributed by atoms with van der Waals surface area (Å²) in [7, 11) is 0. The van der Waals surface area contributed by atoms with Crippen molar-refractivity contribution in [3.8, 4) is 0 Å². The van der Waals surface area contributed by atoms with Crippen molar-refractivity contribution in [3.63, 3.8) is 0 Å². The van der Waals surface area contributed by atoms with Gasteiger partial charge in [-0.3, -0.25) is 9.69 Å². The molecule has 1 saturated carbocycles. The van der Waals surface area contributed by atoms with E-state index >= 15 is 0 Å². The van der Waals surface area contributed by atoms with Crippen LogP contribution >= 0.6 is 0 Å². The van der Waals surface area contributed by atoms with Gasteiger partial charge >= 0.3 is 0 Å². The molecule has 0 aromatic carbocycles. The highest BCUT2D eigenvalue weighted by Gasteiger charge is 2.48. The molecule has 1 aliphatic carbocycles. The lowest BCUT2D eigenvalue weighted by Gasteiger charge is -2.37. The summed E-state index contributed by atoms with van der Waals surface area (Å²) < 4.78 is 0. The van der Waals surface area contributed by atoms with E-state index in [1.54, 1.807) is 0 Å². The molecule has 0 radical (unpaired) electrons. The molecule has 4 nitrogen and oxygen atoms in total. The minimum atomic E-state index is -0.460. The van der Waals surface area contributed by atoms with Crippen molar-refractivity contribution in [2.45, 2.75) is 70.0 Å². The van der Waals surface area contributed by atoms with Crippen LogP contribution in [0.4, 0.5) is 0 Å². The third-order valence-corrected chi connectivity index (χ3v) is 4.88. The molecule has 18 heavy (non-hydrogen) atoms. The van der Waals surface area contributed by atoms with Crippen LogP contribution in [0.25, 0.3) is 0 Å². The SMILES string of the molecule is CCNC1(C(N)=O)CCC(N2CCCC2(C)C)C1. The Hall–Kier alpha value is -0.610. The predicted molar refractivity (Wildman–Crippen MR) is 73.3 cm³/mol. The lowest BCUT2D eigenvalue weighted by Crippen LogP contribution is -2.55. The molecule has 0 aromatic heterocycles. The summed E-state index contributed by atoms with van der Waals surface area (Å²) in [4.78, 5) is 14.4. The molecule has 2 aliphatic rings. The summed E-state index contributed by atoms with van der Waals surface area (Å²) in [5, 5.41) is 3.34. The number of rotatable bonds is 4. The molecule has 3 N–H and O–H groups in total. The molecule has 4 heteroatoms. The van der Waals surface area contributed by atoms with E-state index in [2.05, 4.69) is 24.1 Å². The molecule has 2 atom stereocenters. The Labute approximate surface area is 110 Å². The van der Waals surface area contributed by atoms with Gasteiger partial charge in [0.25, 0.3) is 0 Å². The number of carbonyl (C=O) groups excluding carboxylic acids is 1. The average molecular weight is 253 g/mol. The number of likely N-dealkylation sites (N-methyl/N-ethyl adjacent to an activating group) is 1. The maximum Gasteiger partial charge on any atom is 0.237 e. The molecule has 2 fully saturated rings. The first-order chi connectivity index (χ1) is 8.41. The van der Waals surface area contributed by atoms with Crippen molar-refractivity contribution in [2.24, 2.45) is 5.73 Å². The minimum Gasteiger partial charge on any atom is -0.368 e. The van der Waals surface area contributed by atoms with Gasteiger partial charge in [0, 0.05) is 11.6 Å². The molecular formula is C14H27N3O. The van der Waals surface area contributed by atoms with E-state index in [-0.39, 0.29) is 11.4 Å². The largest absolute Gasteiger partial charge is 0.368 e. The zero-order valence-corrected chi connectivity index (χ0v) is 12.0. The number of nitrogens with one attached hydrogen (secondary N) is 1. The number of hydrogen-bond acceptors (Lipinski definition) is 3. The molecule has 2 unspecified atom stereocenters. The van der Waals surface area contributed by atoms with Crippen LogP contribution in [0, 0.1) is 0 Å². The minimum absolute atomic E-state index is 0.177. The number of nitrogens with two attached hydrogens (primary N) is 1. The van der Waals surface area contributed by atoms with Crippen molar-refractivity contribution in [1.29, 1.82) is 0 Å². The topological polar surface area (TPSA) is 58.4 Å². The van der Waals surface area contributed by atoms with Gasteiger partial charge in [-0.25, -0.2) is 0 Å². The van der Waals surface area contributed by atoms with Crippen LogP contribution in [0.15, 0.2) is 0 Å². The highest BCUT2D eigenvalue weighted by Crippen LogP contribution is 2.39. The Morgan fingerprint density at radius 3 is 2.67 bits per heavy atom. The van der Waals surface area contributed by atoms with E-state index in [1.165, 1.54) is 19.4 Å². The normalized spacial score (nSPS) is 36.1. The number of hydrogen-bond donors (Lipinski definition) is 2. The van der Waals surface area contributed by atoms with Gasteiger partial charge in [0.2, 0.25) is 5.91 Å². The van der Waals surface area contributed by atoms with Crippen molar-refractivity contribution in [2.75, 3.05) is 13.1 Å². The van der Waals surface area contributed by atoms with Gasteiger partial charge in [0.1, 0.15) is 0 Å². The molecule has 104 valence electrons. The summed E-state index contributed by atoms with van der Waals surface area (Å²) in [6.45, 7) is 8.64. The Morgan fingerprint density at radius 2 is 2.17 bits per heavy atom. The second-order valence-corrected chi connectivity index (χ2v) is 6.48. The second kappa shape index (κ2) is 4.82. The van der Waals surface area contributed by atoms with Gasteiger partial charge in [0.05, 0.1) is 5.54 Å². The number of nitrogens with zero attached hydrogens (tertiary/aromatic N) is 1. The van der Waals surface area contributed by atoms with E-state index in [1.807, 2.05) is 6.92 Å². The van der Waals surface area contributed by atoms with Crippen LogP contribution in [0.5, 0.6) is 0 Å². The summed E-state index contributed by atoms with van der Waals surface area (Å²) in [5.41, 5.74) is 5.45. The Morgan fingerprint density at radius 1 is 1.44 bits per heavy atom. The molecule has 1 heterocycles.